The maximum Gasteiger partial charge on any atom is 0.453 e. The number of nitrogens with one attached hydrogen (secondary N) is 1. The Morgan fingerprint density at radius 2 is 2.06 bits per heavy atom. The lowest BCUT2D eigenvalue weighted by Crippen LogP contribution is -2.11. The van der Waals surface area contributed by atoms with Crippen LogP contribution in [-0.4, -0.2) is 25.5 Å². The van der Waals surface area contributed by atoms with Gasteiger partial charge < -0.3 is 0 Å². The number of hydrogen-bond donors (Lipinski definition) is 1. The van der Waals surface area contributed by atoms with Crippen molar-refractivity contribution >= 4 is 27.1 Å². The second kappa shape index (κ2) is 3.95. The molecule has 0 unspecified atom stereocenters. The number of anilines is 1. The molecule has 2 aromatic heterocycles. The van der Waals surface area contributed by atoms with Crippen molar-refractivity contribution in [3.63, 3.8) is 0 Å². The summed E-state index contributed by atoms with van der Waals surface area (Å²) < 4.78 is 38.0. The van der Waals surface area contributed by atoms with Crippen molar-refractivity contribution in [3.05, 3.63) is 5.82 Å². The molecular weight excluding hydrogens is 257 g/mol. The largest absolute Gasteiger partial charge is 0.453 e. The van der Waals surface area contributed by atoms with Crippen molar-refractivity contribution in [2.75, 3.05) is 5.43 Å². The van der Waals surface area contributed by atoms with Crippen LogP contribution in [0.4, 0.5) is 18.3 Å². The highest BCUT2D eigenvalue weighted by atomic mass is 32.1. The maximum atomic E-state index is 12.5. The molecule has 0 aromatic carbocycles. The van der Waals surface area contributed by atoms with E-state index in [0.717, 1.165) is 17.0 Å². The van der Waals surface area contributed by atoms with Gasteiger partial charge in [0.15, 0.2) is 0 Å². The summed E-state index contributed by atoms with van der Waals surface area (Å²) in [6, 6.07) is 0. The Balaban J connectivity index is 2.39. The van der Waals surface area contributed by atoms with Gasteiger partial charge in [0.1, 0.15) is 0 Å². The van der Waals surface area contributed by atoms with Crippen molar-refractivity contribution in [1.29, 1.82) is 0 Å². The highest BCUT2D eigenvalue weighted by Gasteiger charge is 2.38. The molecule has 0 fully saturated rings. The van der Waals surface area contributed by atoms with E-state index in [0.29, 0.717) is 4.52 Å². The molecule has 1 N–H and O–H groups in total. The topological polar surface area (TPSA) is 67.5 Å². The van der Waals surface area contributed by atoms with Gasteiger partial charge in [-0.2, -0.15) is 22.8 Å². The predicted molar refractivity (Wildman–Crippen MR) is 56.1 cm³/mol. The standard InChI is InChI=1S/C7H7F3N6S/c1-3(2)11-13-5-15-16-4(7(8,9)10)12-14-6(16)17-5/h1-2H3,(H,13,15). The van der Waals surface area contributed by atoms with Crippen LogP contribution >= 0.6 is 11.3 Å². The van der Waals surface area contributed by atoms with Crippen LogP contribution < -0.4 is 5.43 Å². The van der Waals surface area contributed by atoms with Crippen LogP contribution in [0, 0.1) is 0 Å². The van der Waals surface area contributed by atoms with Gasteiger partial charge in [0, 0.05) is 5.71 Å². The summed E-state index contributed by atoms with van der Waals surface area (Å²) in [6.45, 7) is 3.49. The highest BCUT2D eigenvalue weighted by molar-refractivity contribution is 7.20. The third kappa shape index (κ3) is 2.35. The Morgan fingerprint density at radius 1 is 1.35 bits per heavy atom. The zero-order valence-corrected chi connectivity index (χ0v) is 9.59. The first-order valence-electron chi connectivity index (χ1n) is 4.44. The van der Waals surface area contributed by atoms with Crippen molar-refractivity contribution < 1.29 is 13.2 Å². The Bertz CT molecular complexity index is 564. The lowest BCUT2D eigenvalue weighted by molar-refractivity contribution is -0.146. The Kier molecular flexibility index (Phi) is 2.73. The maximum absolute atomic E-state index is 12.5. The van der Waals surface area contributed by atoms with Crippen LogP contribution in [0.5, 0.6) is 0 Å². The molecule has 0 atom stereocenters. The fourth-order valence-electron chi connectivity index (χ4n) is 0.999. The second-order valence-corrected chi connectivity index (χ2v) is 4.25. The predicted octanol–water partition coefficient (Wildman–Crippen LogP) is 2.01. The first kappa shape index (κ1) is 11.8. The first-order valence-corrected chi connectivity index (χ1v) is 5.26. The fraction of sp³-hybridized carbons (Fsp3) is 0.429. The molecule has 0 amide bonds. The molecule has 2 heterocycles. The number of rotatable bonds is 2. The van der Waals surface area contributed by atoms with E-state index in [1.54, 1.807) is 13.8 Å². The average Bonchev–Trinajstić information content (AvgIpc) is 2.70. The number of alkyl halides is 3. The van der Waals surface area contributed by atoms with Crippen molar-refractivity contribution in [1.82, 2.24) is 19.8 Å². The minimum atomic E-state index is -4.57. The Labute approximate surface area is 97.2 Å². The summed E-state index contributed by atoms with van der Waals surface area (Å²) in [5.41, 5.74) is 3.27. The summed E-state index contributed by atoms with van der Waals surface area (Å²) in [5.74, 6) is -1.14. The van der Waals surface area contributed by atoms with Gasteiger partial charge in [0.25, 0.3) is 5.82 Å². The SMILES string of the molecule is CC(C)=NNc1nn2c(C(F)(F)F)nnc2s1. The third-order valence-corrected chi connectivity index (χ3v) is 2.42. The van der Waals surface area contributed by atoms with Gasteiger partial charge in [-0.1, -0.05) is 11.3 Å². The van der Waals surface area contributed by atoms with E-state index in [2.05, 4.69) is 25.8 Å². The van der Waals surface area contributed by atoms with Gasteiger partial charge in [0.2, 0.25) is 10.1 Å². The summed E-state index contributed by atoms with van der Waals surface area (Å²) >= 11 is 0.936. The molecule has 10 heteroatoms. The van der Waals surface area contributed by atoms with Gasteiger partial charge in [-0.3, -0.25) is 5.43 Å². The van der Waals surface area contributed by atoms with Crippen LogP contribution in [0.1, 0.15) is 19.7 Å². The van der Waals surface area contributed by atoms with Gasteiger partial charge in [-0.15, -0.1) is 15.3 Å². The average molecular weight is 264 g/mol. The fourth-order valence-corrected chi connectivity index (χ4v) is 1.68. The summed E-state index contributed by atoms with van der Waals surface area (Å²) in [5, 5.41) is 14.2. The van der Waals surface area contributed by atoms with Crippen LogP contribution in [-0.2, 0) is 6.18 Å². The van der Waals surface area contributed by atoms with Crippen LogP contribution in [0.2, 0.25) is 0 Å². The van der Waals surface area contributed by atoms with Crippen LogP contribution in [0.3, 0.4) is 0 Å². The van der Waals surface area contributed by atoms with Gasteiger partial charge in [-0.05, 0) is 13.8 Å². The number of fused-ring (bicyclic) bond motifs is 1. The summed E-state index contributed by atoms with van der Waals surface area (Å²) in [6.07, 6.45) is -4.57. The Morgan fingerprint density at radius 3 is 2.65 bits per heavy atom. The minimum absolute atomic E-state index is 0.0591. The number of hydrazone groups is 1. The molecule has 0 aliphatic rings. The van der Waals surface area contributed by atoms with E-state index in [1.165, 1.54) is 0 Å². The monoisotopic (exact) mass is 264 g/mol. The van der Waals surface area contributed by atoms with Gasteiger partial charge in [0.05, 0.1) is 0 Å². The van der Waals surface area contributed by atoms with E-state index >= 15 is 0 Å². The van der Waals surface area contributed by atoms with E-state index in [-0.39, 0.29) is 10.1 Å². The molecule has 0 spiro atoms. The second-order valence-electron chi connectivity index (χ2n) is 3.29. The Hall–Kier alpha value is -1.71. The zero-order chi connectivity index (χ0) is 12.6. The van der Waals surface area contributed by atoms with E-state index in [4.69, 9.17) is 0 Å². The van der Waals surface area contributed by atoms with Crippen molar-refractivity contribution in [3.8, 4) is 0 Å². The molecule has 0 aliphatic carbocycles. The molecule has 2 rings (SSSR count). The number of aromatic nitrogens is 4. The van der Waals surface area contributed by atoms with Gasteiger partial charge >= 0.3 is 6.18 Å². The number of hydrogen-bond acceptors (Lipinski definition) is 6. The quantitative estimate of drug-likeness (QED) is 0.665. The lowest BCUT2D eigenvalue weighted by atomic mass is 10.5. The minimum Gasteiger partial charge on any atom is -0.251 e. The van der Waals surface area contributed by atoms with E-state index in [1.807, 2.05) is 0 Å². The smallest absolute Gasteiger partial charge is 0.251 e. The molecule has 0 aliphatic heterocycles. The van der Waals surface area contributed by atoms with Crippen LogP contribution in [0.25, 0.3) is 4.96 Å². The first-order chi connectivity index (χ1) is 7.88. The molecule has 0 bridgehead atoms. The van der Waals surface area contributed by atoms with Crippen molar-refractivity contribution in [2.24, 2.45) is 5.10 Å². The molecule has 6 nitrogen and oxygen atoms in total. The number of halogens is 3. The van der Waals surface area contributed by atoms with E-state index < -0.39 is 12.0 Å². The normalized spacial score (nSPS) is 11.8. The summed E-state index contributed by atoms with van der Waals surface area (Å²) in [7, 11) is 0. The molecular formula is C7H7F3N6S. The van der Waals surface area contributed by atoms with Crippen molar-refractivity contribution in [2.45, 2.75) is 20.0 Å². The van der Waals surface area contributed by atoms with Crippen LogP contribution in [0.15, 0.2) is 5.10 Å². The summed E-state index contributed by atoms with van der Waals surface area (Å²) in [4.78, 5) is 0.0591. The molecule has 0 radical (unpaired) electrons. The lowest BCUT2D eigenvalue weighted by Gasteiger charge is -2.00. The third-order valence-electron chi connectivity index (χ3n) is 1.62. The molecule has 17 heavy (non-hydrogen) atoms. The zero-order valence-electron chi connectivity index (χ0n) is 8.78. The highest BCUT2D eigenvalue weighted by Crippen LogP contribution is 2.29. The molecule has 0 saturated heterocycles. The van der Waals surface area contributed by atoms with E-state index in [9.17, 15) is 13.2 Å². The number of nitrogens with zero attached hydrogens (tertiary/aromatic N) is 5. The molecule has 92 valence electrons. The molecule has 2 aromatic rings. The van der Waals surface area contributed by atoms with Gasteiger partial charge in [-0.25, -0.2) is 0 Å². The molecule has 0 saturated carbocycles.